The lowest BCUT2D eigenvalue weighted by Gasteiger charge is -2.17. The summed E-state index contributed by atoms with van der Waals surface area (Å²) < 4.78 is 15.3. The minimum atomic E-state index is -0.971. The molecule has 2 rings (SSSR count). The largest absolute Gasteiger partial charge is 0.448 e. The standard InChI is InChI=1S/C11H11NO5/c1-6(13)15-10-9-8(4-3-5-12-9)17-11(10)16-7(2)14/h3-5,10-11H,1-2H3/t10-,11+/m0/s1. The second-order valence-electron chi connectivity index (χ2n) is 3.51. The van der Waals surface area contributed by atoms with Gasteiger partial charge in [0, 0.05) is 20.0 Å². The Balaban J connectivity index is 2.26. The van der Waals surface area contributed by atoms with Gasteiger partial charge in [-0.1, -0.05) is 0 Å². The lowest BCUT2D eigenvalue weighted by Crippen LogP contribution is -2.27. The molecule has 0 fully saturated rings. The number of hydrogen-bond acceptors (Lipinski definition) is 6. The molecule has 6 nitrogen and oxygen atoms in total. The van der Waals surface area contributed by atoms with Gasteiger partial charge in [-0.25, -0.2) is 0 Å². The lowest BCUT2D eigenvalue weighted by molar-refractivity contribution is -0.184. The number of hydrogen-bond donors (Lipinski definition) is 0. The molecule has 1 aromatic heterocycles. The number of pyridine rings is 1. The van der Waals surface area contributed by atoms with Gasteiger partial charge in [0.15, 0.2) is 0 Å². The molecule has 2 heterocycles. The molecule has 1 aliphatic heterocycles. The highest BCUT2D eigenvalue weighted by atomic mass is 16.7. The van der Waals surface area contributed by atoms with Crippen LogP contribution in [0, 0.1) is 0 Å². The average molecular weight is 237 g/mol. The molecule has 1 aromatic rings. The predicted octanol–water partition coefficient (Wildman–Crippen LogP) is 0.967. The van der Waals surface area contributed by atoms with Gasteiger partial charge in [0.1, 0.15) is 11.4 Å². The van der Waals surface area contributed by atoms with E-state index in [0.29, 0.717) is 11.4 Å². The van der Waals surface area contributed by atoms with Crippen LogP contribution in [-0.2, 0) is 19.1 Å². The van der Waals surface area contributed by atoms with E-state index in [2.05, 4.69) is 4.98 Å². The van der Waals surface area contributed by atoms with E-state index in [4.69, 9.17) is 14.2 Å². The van der Waals surface area contributed by atoms with Crippen molar-refractivity contribution in [3.8, 4) is 5.75 Å². The summed E-state index contributed by atoms with van der Waals surface area (Å²) in [6, 6.07) is 3.35. The van der Waals surface area contributed by atoms with Crippen LogP contribution in [-0.4, -0.2) is 23.2 Å². The van der Waals surface area contributed by atoms with Gasteiger partial charge in [0.25, 0.3) is 6.29 Å². The zero-order chi connectivity index (χ0) is 12.4. The monoisotopic (exact) mass is 237 g/mol. The molecular weight excluding hydrogens is 226 g/mol. The molecule has 17 heavy (non-hydrogen) atoms. The number of ether oxygens (including phenoxy) is 3. The predicted molar refractivity (Wildman–Crippen MR) is 54.9 cm³/mol. The molecule has 0 aliphatic carbocycles. The van der Waals surface area contributed by atoms with Crippen LogP contribution in [0.4, 0.5) is 0 Å². The summed E-state index contributed by atoms with van der Waals surface area (Å²) >= 11 is 0. The van der Waals surface area contributed by atoms with E-state index in [1.165, 1.54) is 13.8 Å². The van der Waals surface area contributed by atoms with Crippen LogP contribution in [0.15, 0.2) is 18.3 Å². The van der Waals surface area contributed by atoms with Crippen LogP contribution in [0.5, 0.6) is 5.75 Å². The molecule has 90 valence electrons. The second kappa shape index (κ2) is 4.40. The summed E-state index contributed by atoms with van der Waals surface area (Å²) in [7, 11) is 0. The summed E-state index contributed by atoms with van der Waals surface area (Å²) in [6.45, 7) is 2.52. The van der Waals surface area contributed by atoms with Gasteiger partial charge in [-0.05, 0) is 12.1 Å². The van der Waals surface area contributed by atoms with Crippen molar-refractivity contribution >= 4 is 11.9 Å². The zero-order valence-electron chi connectivity index (χ0n) is 9.38. The molecule has 0 bridgehead atoms. The first-order valence-corrected chi connectivity index (χ1v) is 5.04. The number of carbonyl (C=O) groups excluding carboxylic acids is 2. The molecule has 0 saturated heterocycles. The Morgan fingerprint density at radius 1 is 1.29 bits per heavy atom. The van der Waals surface area contributed by atoms with Gasteiger partial charge in [-0.15, -0.1) is 0 Å². The van der Waals surface area contributed by atoms with Gasteiger partial charge in [-0.2, -0.15) is 0 Å². The Bertz CT molecular complexity index is 459. The van der Waals surface area contributed by atoms with Gasteiger partial charge >= 0.3 is 11.9 Å². The molecule has 0 N–H and O–H groups in total. The first-order chi connectivity index (χ1) is 8.08. The van der Waals surface area contributed by atoms with Crippen LogP contribution >= 0.6 is 0 Å². The second-order valence-corrected chi connectivity index (χ2v) is 3.51. The number of aromatic nitrogens is 1. The normalized spacial score (nSPS) is 21.3. The molecular formula is C11H11NO5. The lowest BCUT2D eigenvalue weighted by atomic mass is 10.2. The Kier molecular flexibility index (Phi) is 2.95. The van der Waals surface area contributed by atoms with Crippen LogP contribution in [0.3, 0.4) is 0 Å². The fourth-order valence-electron chi connectivity index (χ4n) is 1.57. The maximum absolute atomic E-state index is 11.0. The maximum Gasteiger partial charge on any atom is 0.305 e. The maximum atomic E-state index is 11.0. The third-order valence-corrected chi connectivity index (χ3v) is 2.13. The topological polar surface area (TPSA) is 74.7 Å². The van der Waals surface area contributed by atoms with Crippen molar-refractivity contribution in [1.82, 2.24) is 4.98 Å². The molecule has 0 aromatic carbocycles. The summed E-state index contributed by atoms with van der Waals surface area (Å²) in [5.74, 6) is -0.556. The number of esters is 2. The Labute approximate surface area is 97.5 Å². The molecule has 1 aliphatic rings. The highest BCUT2D eigenvalue weighted by molar-refractivity contribution is 5.67. The van der Waals surface area contributed by atoms with Crippen molar-refractivity contribution in [1.29, 1.82) is 0 Å². The third kappa shape index (κ3) is 2.35. The molecule has 0 saturated carbocycles. The van der Waals surface area contributed by atoms with E-state index < -0.39 is 24.3 Å². The fourth-order valence-corrected chi connectivity index (χ4v) is 1.57. The first-order valence-electron chi connectivity index (χ1n) is 5.04. The van der Waals surface area contributed by atoms with Gasteiger partial charge in [0.2, 0.25) is 6.10 Å². The highest BCUT2D eigenvalue weighted by Gasteiger charge is 2.40. The zero-order valence-corrected chi connectivity index (χ0v) is 9.38. The highest BCUT2D eigenvalue weighted by Crippen LogP contribution is 2.37. The summed E-state index contributed by atoms with van der Waals surface area (Å²) in [6.07, 6.45) is -0.233. The molecule has 6 heteroatoms. The van der Waals surface area contributed by atoms with E-state index in [-0.39, 0.29) is 0 Å². The van der Waals surface area contributed by atoms with Crippen LogP contribution in [0.1, 0.15) is 25.6 Å². The SMILES string of the molecule is CC(=O)O[C@@H]1Oc2cccnc2[C@@H]1OC(C)=O. The average Bonchev–Trinajstić information content (AvgIpc) is 2.55. The Hall–Kier alpha value is -2.11. The Morgan fingerprint density at radius 2 is 2.00 bits per heavy atom. The van der Waals surface area contributed by atoms with E-state index in [9.17, 15) is 9.59 Å². The van der Waals surface area contributed by atoms with Crippen molar-refractivity contribution in [2.45, 2.75) is 26.2 Å². The minimum Gasteiger partial charge on any atom is -0.448 e. The summed E-state index contributed by atoms with van der Waals surface area (Å²) in [5.41, 5.74) is 0.453. The molecule has 0 spiro atoms. The molecule has 0 amide bonds. The van der Waals surface area contributed by atoms with E-state index >= 15 is 0 Å². The minimum absolute atomic E-state index is 0.449. The van der Waals surface area contributed by atoms with Crippen LogP contribution < -0.4 is 4.74 Å². The summed E-state index contributed by atoms with van der Waals surface area (Å²) in [4.78, 5) is 26.0. The fraction of sp³-hybridized carbons (Fsp3) is 0.364. The van der Waals surface area contributed by atoms with Crippen LogP contribution in [0.25, 0.3) is 0 Å². The summed E-state index contributed by atoms with van der Waals surface area (Å²) in [5, 5.41) is 0. The first kappa shape index (κ1) is 11.4. The van der Waals surface area contributed by atoms with Gasteiger partial charge < -0.3 is 14.2 Å². The number of rotatable bonds is 2. The molecule has 2 atom stereocenters. The number of carbonyl (C=O) groups is 2. The van der Waals surface area contributed by atoms with Crippen molar-refractivity contribution in [2.24, 2.45) is 0 Å². The quantitative estimate of drug-likeness (QED) is 0.713. The third-order valence-electron chi connectivity index (χ3n) is 2.13. The van der Waals surface area contributed by atoms with Crippen molar-refractivity contribution < 1.29 is 23.8 Å². The van der Waals surface area contributed by atoms with Gasteiger partial charge in [-0.3, -0.25) is 14.6 Å². The number of nitrogens with zero attached hydrogens (tertiary/aromatic N) is 1. The van der Waals surface area contributed by atoms with E-state index in [1.807, 2.05) is 0 Å². The Morgan fingerprint density at radius 3 is 2.65 bits per heavy atom. The van der Waals surface area contributed by atoms with E-state index in [1.54, 1.807) is 18.3 Å². The number of fused-ring (bicyclic) bond motifs is 1. The van der Waals surface area contributed by atoms with Crippen molar-refractivity contribution in [3.05, 3.63) is 24.0 Å². The molecule has 0 unspecified atom stereocenters. The molecule has 0 radical (unpaired) electrons. The van der Waals surface area contributed by atoms with Gasteiger partial charge in [0.05, 0.1) is 0 Å². The smallest absolute Gasteiger partial charge is 0.305 e. The van der Waals surface area contributed by atoms with Crippen LogP contribution in [0.2, 0.25) is 0 Å². The van der Waals surface area contributed by atoms with Crippen molar-refractivity contribution in [2.75, 3.05) is 0 Å². The van der Waals surface area contributed by atoms with Crippen molar-refractivity contribution in [3.63, 3.8) is 0 Å². The van der Waals surface area contributed by atoms with E-state index in [0.717, 1.165) is 0 Å².